The summed E-state index contributed by atoms with van der Waals surface area (Å²) in [6, 6.07) is 4.83. The monoisotopic (exact) mass is 203 g/mol. The minimum Gasteiger partial charge on any atom is -0.298 e. The Bertz CT molecular complexity index is 336. The van der Waals surface area contributed by atoms with Crippen molar-refractivity contribution in [2.24, 2.45) is 0 Å². The number of carbonyl (C=O) groups is 2. The average Bonchev–Trinajstić information content (AvgIpc) is 2.05. The Hall–Kier alpha value is -0.0900. The Balaban J connectivity index is 0.00000144. The number of rotatable bonds is 2. The number of carbonyl (C=O) groups excluding carboxylic acids is 2. The summed E-state index contributed by atoms with van der Waals surface area (Å²) in [7, 11) is 0. The maximum absolute atomic E-state index is 10.9. The summed E-state index contributed by atoms with van der Waals surface area (Å²) in [5.41, 5.74) is 0.987. The third-order valence-electron chi connectivity index (χ3n) is 1.56. The number of aldehydes is 1. The average molecular weight is 203 g/mol. The van der Waals surface area contributed by atoms with Crippen molar-refractivity contribution < 1.29 is 39.1 Å². The normalized spacial score (nSPS) is 8.77. The smallest absolute Gasteiger partial charge is 0.298 e. The molecule has 2 nitrogen and oxygen atoms in total. The number of benzene rings is 1. The van der Waals surface area contributed by atoms with Gasteiger partial charge in [0, 0.05) is 16.0 Å². The summed E-state index contributed by atoms with van der Waals surface area (Å²) in [5, 5.41) is 0. The number of thiol groups is 1. The van der Waals surface area contributed by atoms with Gasteiger partial charge in [-0.1, -0.05) is 6.07 Å². The fourth-order valence-corrected chi connectivity index (χ4v) is 1.06. The Morgan fingerprint density at radius 3 is 2.54 bits per heavy atom. The van der Waals surface area contributed by atoms with Crippen LogP contribution >= 0.6 is 12.6 Å². The van der Waals surface area contributed by atoms with Gasteiger partial charge in [0.15, 0.2) is 12.1 Å². The van der Waals surface area contributed by atoms with Crippen LogP contribution in [0.1, 0.15) is 27.6 Å². The van der Waals surface area contributed by atoms with Crippen molar-refractivity contribution in [2.75, 3.05) is 0 Å². The van der Waals surface area contributed by atoms with Crippen LogP contribution in [0.15, 0.2) is 23.1 Å². The molecule has 62 valence electrons. The maximum atomic E-state index is 10.9. The molecule has 1 rings (SSSR count). The zero-order valence-corrected chi connectivity index (χ0v) is 10.5. The van der Waals surface area contributed by atoms with Crippen LogP contribution in [-0.2, 0) is 0 Å². The minimum absolute atomic E-state index is 0. The van der Waals surface area contributed by atoms with Crippen LogP contribution in [0.3, 0.4) is 0 Å². The third-order valence-corrected chi connectivity index (χ3v) is 1.97. The number of hydrogen-bond acceptors (Lipinski definition) is 3. The van der Waals surface area contributed by atoms with E-state index in [0.29, 0.717) is 22.3 Å². The number of Topliss-reactive ketones (excluding diaryl/α,β-unsaturated/α-hetero) is 1. The fraction of sp³-hybridized carbons (Fsp3) is 0.111. The van der Waals surface area contributed by atoms with E-state index in [2.05, 4.69) is 12.6 Å². The second-order valence-corrected chi connectivity index (χ2v) is 2.93. The van der Waals surface area contributed by atoms with Gasteiger partial charge in [-0.15, -0.1) is 12.6 Å². The molecule has 0 spiro atoms. The van der Waals surface area contributed by atoms with Gasteiger partial charge < -0.3 is 0 Å². The van der Waals surface area contributed by atoms with Crippen molar-refractivity contribution in [1.82, 2.24) is 0 Å². The van der Waals surface area contributed by atoms with E-state index < -0.39 is 0 Å². The second kappa shape index (κ2) is 5.60. The van der Waals surface area contributed by atoms with Crippen molar-refractivity contribution >= 4 is 24.7 Å². The molecule has 1 aromatic rings. The molecule has 0 aliphatic carbocycles. The SMILES string of the molecule is CC(=O)c1ccc(S)c(C=O)c1.[Na+]. The van der Waals surface area contributed by atoms with Crippen LogP contribution in [0.25, 0.3) is 0 Å². The van der Waals surface area contributed by atoms with Crippen LogP contribution in [0, 0.1) is 0 Å². The second-order valence-electron chi connectivity index (χ2n) is 2.45. The van der Waals surface area contributed by atoms with Crippen molar-refractivity contribution in [1.29, 1.82) is 0 Å². The van der Waals surface area contributed by atoms with E-state index in [1.54, 1.807) is 12.1 Å². The summed E-state index contributed by atoms with van der Waals surface area (Å²) >= 11 is 4.05. The van der Waals surface area contributed by atoms with E-state index in [1.807, 2.05) is 0 Å². The van der Waals surface area contributed by atoms with Crippen molar-refractivity contribution in [2.45, 2.75) is 11.8 Å². The van der Waals surface area contributed by atoms with Gasteiger partial charge in [-0.2, -0.15) is 0 Å². The van der Waals surface area contributed by atoms with Gasteiger partial charge in [0.2, 0.25) is 0 Å². The quantitative estimate of drug-likeness (QED) is 0.289. The molecule has 0 aliphatic rings. The Kier molecular flexibility index (Phi) is 5.56. The summed E-state index contributed by atoms with van der Waals surface area (Å²) in [4.78, 5) is 21.9. The minimum atomic E-state index is -0.0496. The molecular weight excluding hydrogens is 195 g/mol. The fourth-order valence-electron chi connectivity index (χ4n) is 0.868. The van der Waals surface area contributed by atoms with Gasteiger partial charge in [0.1, 0.15) is 0 Å². The van der Waals surface area contributed by atoms with Crippen molar-refractivity contribution in [3.8, 4) is 0 Å². The molecule has 0 atom stereocenters. The topological polar surface area (TPSA) is 34.1 Å². The van der Waals surface area contributed by atoms with E-state index >= 15 is 0 Å². The molecular formula is C9H8NaO2S+. The summed E-state index contributed by atoms with van der Waals surface area (Å²) in [6.07, 6.45) is 0.689. The first-order valence-electron chi connectivity index (χ1n) is 3.44. The van der Waals surface area contributed by atoms with Crippen molar-refractivity contribution in [3.63, 3.8) is 0 Å². The molecule has 0 saturated carbocycles. The largest absolute Gasteiger partial charge is 1.00 e. The number of ketones is 1. The molecule has 0 bridgehead atoms. The Labute approximate surface area is 104 Å². The van der Waals surface area contributed by atoms with Crippen LogP contribution in [0.2, 0.25) is 0 Å². The predicted molar refractivity (Wildman–Crippen MR) is 49.1 cm³/mol. The van der Waals surface area contributed by atoms with Gasteiger partial charge in [-0.3, -0.25) is 9.59 Å². The molecule has 13 heavy (non-hydrogen) atoms. The molecule has 0 heterocycles. The molecule has 0 N–H and O–H groups in total. The molecule has 0 aromatic heterocycles. The van der Waals surface area contributed by atoms with E-state index in [9.17, 15) is 9.59 Å². The van der Waals surface area contributed by atoms with Crippen LogP contribution in [0.4, 0.5) is 0 Å². The summed E-state index contributed by atoms with van der Waals surface area (Å²) in [5.74, 6) is -0.0496. The summed E-state index contributed by atoms with van der Waals surface area (Å²) in [6.45, 7) is 1.46. The van der Waals surface area contributed by atoms with Crippen LogP contribution < -0.4 is 29.6 Å². The van der Waals surface area contributed by atoms with E-state index in [-0.39, 0.29) is 35.3 Å². The third kappa shape index (κ3) is 3.27. The molecule has 4 heteroatoms. The molecule has 0 saturated heterocycles. The standard InChI is InChI=1S/C9H8O2S.Na/c1-6(11)7-2-3-9(12)8(4-7)5-10;/h2-5,12H,1H3;/q;+1. The maximum Gasteiger partial charge on any atom is 1.00 e. The van der Waals surface area contributed by atoms with E-state index in [0.717, 1.165) is 0 Å². The predicted octanol–water partition coefficient (Wildman–Crippen LogP) is -1.01. The van der Waals surface area contributed by atoms with Gasteiger partial charge in [0.05, 0.1) is 0 Å². The zero-order chi connectivity index (χ0) is 9.14. The first kappa shape index (κ1) is 12.9. The van der Waals surface area contributed by atoms with Gasteiger partial charge in [0.25, 0.3) is 0 Å². The van der Waals surface area contributed by atoms with Gasteiger partial charge >= 0.3 is 29.6 Å². The molecule has 0 unspecified atom stereocenters. The van der Waals surface area contributed by atoms with E-state index in [4.69, 9.17) is 0 Å². The first-order valence-corrected chi connectivity index (χ1v) is 3.89. The molecule has 1 aromatic carbocycles. The van der Waals surface area contributed by atoms with E-state index in [1.165, 1.54) is 13.0 Å². The molecule has 0 radical (unpaired) electrons. The number of hydrogen-bond donors (Lipinski definition) is 1. The zero-order valence-electron chi connectivity index (χ0n) is 7.57. The van der Waals surface area contributed by atoms with Gasteiger partial charge in [-0.25, -0.2) is 0 Å². The first-order chi connectivity index (χ1) is 5.65. The summed E-state index contributed by atoms with van der Waals surface area (Å²) < 4.78 is 0. The molecule has 0 aliphatic heterocycles. The van der Waals surface area contributed by atoms with Crippen molar-refractivity contribution in [3.05, 3.63) is 29.3 Å². The Morgan fingerprint density at radius 2 is 2.08 bits per heavy atom. The van der Waals surface area contributed by atoms with Crippen LogP contribution in [-0.4, -0.2) is 12.1 Å². The molecule has 0 fully saturated rings. The van der Waals surface area contributed by atoms with Crippen LogP contribution in [0.5, 0.6) is 0 Å². The Morgan fingerprint density at radius 1 is 1.46 bits per heavy atom. The van der Waals surface area contributed by atoms with Gasteiger partial charge in [-0.05, 0) is 19.1 Å². The molecule has 0 amide bonds.